The van der Waals surface area contributed by atoms with Crippen molar-refractivity contribution in [3.05, 3.63) is 18.2 Å². The van der Waals surface area contributed by atoms with Crippen molar-refractivity contribution in [2.45, 2.75) is 19.4 Å². The molecule has 0 spiro atoms. The molecule has 0 bridgehead atoms. The van der Waals surface area contributed by atoms with Gasteiger partial charge < -0.3 is 10.1 Å². The van der Waals surface area contributed by atoms with Gasteiger partial charge in [0.2, 0.25) is 5.78 Å². The summed E-state index contributed by atoms with van der Waals surface area (Å²) in [6.45, 7) is 2.86. The average molecular weight is 191 g/mol. The number of aromatic nitrogens is 2. The minimum absolute atomic E-state index is 0. The highest BCUT2D eigenvalue weighted by Crippen LogP contribution is 2.07. The SMILES string of the molecule is CC(C)(O)C(=O)c1ncc[nH]1.Cl. The highest BCUT2D eigenvalue weighted by atomic mass is 35.5. The van der Waals surface area contributed by atoms with Gasteiger partial charge in [-0.3, -0.25) is 4.79 Å². The van der Waals surface area contributed by atoms with Gasteiger partial charge in [0.1, 0.15) is 5.60 Å². The third kappa shape index (κ3) is 2.32. The van der Waals surface area contributed by atoms with Crippen LogP contribution in [0.5, 0.6) is 0 Å². The lowest BCUT2D eigenvalue weighted by Gasteiger charge is -2.12. The van der Waals surface area contributed by atoms with Crippen molar-refractivity contribution in [3.8, 4) is 0 Å². The summed E-state index contributed by atoms with van der Waals surface area (Å²) in [6.07, 6.45) is 3.01. The summed E-state index contributed by atoms with van der Waals surface area (Å²) < 4.78 is 0. The van der Waals surface area contributed by atoms with Crippen LogP contribution in [-0.4, -0.2) is 26.5 Å². The summed E-state index contributed by atoms with van der Waals surface area (Å²) in [5, 5.41) is 9.25. The molecular weight excluding hydrogens is 180 g/mol. The summed E-state index contributed by atoms with van der Waals surface area (Å²) in [4.78, 5) is 17.5. The number of imidazole rings is 1. The van der Waals surface area contributed by atoms with Crippen LogP contribution < -0.4 is 0 Å². The fourth-order valence-corrected chi connectivity index (χ4v) is 0.679. The lowest BCUT2D eigenvalue weighted by atomic mass is 10.0. The second-order valence-electron chi connectivity index (χ2n) is 2.83. The molecule has 0 saturated carbocycles. The first kappa shape index (κ1) is 11.1. The number of H-pyrrole nitrogens is 1. The summed E-state index contributed by atoms with van der Waals surface area (Å²) >= 11 is 0. The Morgan fingerprint density at radius 2 is 2.25 bits per heavy atom. The van der Waals surface area contributed by atoms with Crippen molar-refractivity contribution < 1.29 is 9.90 Å². The molecule has 12 heavy (non-hydrogen) atoms. The van der Waals surface area contributed by atoms with E-state index < -0.39 is 11.4 Å². The zero-order chi connectivity index (χ0) is 8.48. The molecule has 0 saturated heterocycles. The van der Waals surface area contributed by atoms with E-state index >= 15 is 0 Å². The van der Waals surface area contributed by atoms with Gasteiger partial charge in [-0.15, -0.1) is 12.4 Å². The smallest absolute Gasteiger partial charge is 0.228 e. The number of nitrogens with zero attached hydrogens (tertiary/aromatic N) is 1. The van der Waals surface area contributed by atoms with Crippen LogP contribution in [0.1, 0.15) is 24.5 Å². The molecule has 0 aliphatic carbocycles. The van der Waals surface area contributed by atoms with Crippen molar-refractivity contribution in [2.24, 2.45) is 0 Å². The fraction of sp³-hybridized carbons (Fsp3) is 0.429. The number of aromatic amines is 1. The third-order valence-corrected chi connectivity index (χ3v) is 1.27. The van der Waals surface area contributed by atoms with E-state index in [2.05, 4.69) is 9.97 Å². The first-order valence-electron chi connectivity index (χ1n) is 3.28. The predicted octanol–water partition coefficient (Wildman–Crippen LogP) is 0.785. The molecule has 68 valence electrons. The fourth-order valence-electron chi connectivity index (χ4n) is 0.679. The van der Waals surface area contributed by atoms with Crippen LogP contribution in [0.4, 0.5) is 0 Å². The maximum Gasteiger partial charge on any atom is 0.228 e. The number of hydrogen-bond donors (Lipinski definition) is 2. The number of halogens is 1. The van der Waals surface area contributed by atoms with E-state index in [-0.39, 0.29) is 18.2 Å². The molecule has 1 heterocycles. The standard InChI is InChI=1S/C7H10N2O2.ClH/c1-7(2,11)5(10)6-8-3-4-9-6;/h3-4,11H,1-2H3,(H,8,9);1H. The number of rotatable bonds is 2. The van der Waals surface area contributed by atoms with E-state index in [4.69, 9.17) is 0 Å². The molecule has 0 fully saturated rings. The molecule has 0 aliphatic heterocycles. The number of aliphatic hydroxyl groups is 1. The van der Waals surface area contributed by atoms with Crippen LogP contribution in [-0.2, 0) is 0 Å². The summed E-state index contributed by atoms with van der Waals surface area (Å²) in [6, 6.07) is 0. The Bertz CT molecular complexity index is 251. The number of nitrogens with one attached hydrogen (secondary N) is 1. The van der Waals surface area contributed by atoms with Gasteiger partial charge in [-0.1, -0.05) is 0 Å². The minimum atomic E-state index is -1.35. The van der Waals surface area contributed by atoms with E-state index in [0.29, 0.717) is 0 Å². The monoisotopic (exact) mass is 190 g/mol. The van der Waals surface area contributed by atoms with Gasteiger partial charge in [-0.2, -0.15) is 0 Å². The van der Waals surface area contributed by atoms with Gasteiger partial charge in [0.25, 0.3) is 0 Å². The Hall–Kier alpha value is -0.870. The number of hydrogen-bond acceptors (Lipinski definition) is 3. The third-order valence-electron chi connectivity index (χ3n) is 1.27. The molecule has 0 aliphatic rings. The van der Waals surface area contributed by atoms with E-state index in [1.165, 1.54) is 20.0 Å². The van der Waals surface area contributed by atoms with Crippen LogP contribution in [0, 0.1) is 0 Å². The molecule has 4 nitrogen and oxygen atoms in total. The number of carbonyl (C=O) groups excluding carboxylic acids is 1. The molecule has 5 heteroatoms. The molecule has 0 unspecified atom stereocenters. The largest absolute Gasteiger partial charge is 0.382 e. The second-order valence-corrected chi connectivity index (χ2v) is 2.83. The van der Waals surface area contributed by atoms with Crippen molar-refractivity contribution in [1.82, 2.24) is 9.97 Å². The van der Waals surface area contributed by atoms with Crippen LogP contribution in [0.3, 0.4) is 0 Å². The number of carbonyl (C=O) groups is 1. The average Bonchev–Trinajstić information content (AvgIpc) is 2.34. The number of Topliss-reactive ketones (excluding diaryl/α,β-unsaturated/α-hetero) is 1. The molecule has 0 aromatic carbocycles. The summed E-state index contributed by atoms with van der Waals surface area (Å²) in [7, 11) is 0. The molecule has 0 radical (unpaired) electrons. The summed E-state index contributed by atoms with van der Waals surface area (Å²) in [5.41, 5.74) is -1.35. The van der Waals surface area contributed by atoms with Gasteiger partial charge in [0.15, 0.2) is 5.82 Å². The number of ketones is 1. The highest BCUT2D eigenvalue weighted by molar-refractivity contribution is 5.98. The predicted molar refractivity (Wildman–Crippen MR) is 46.5 cm³/mol. The first-order valence-corrected chi connectivity index (χ1v) is 3.28. The topological polar surface area (TPSA) is 66.0 Å². The van der Waals surface area contributed by atoms with E-state index in [1.54, 1.807) is 6.20 Å². The van der Waals surface area contributed by atoms with E-state index in [1.807, 2.05) is 0 Å². The van der Waals surface area contributed by atoms with Crippen LogP contribution in [0.15, 0.2) is 12.4 Å². The van der Waals surface area contributed by atoms with Gasteiger partial charge >= 0.3 is 0 Å². The Balaban J connectivity index is 0.00000121. The van der Waals surface area contributed by atoms with Gasteiger partial charge in [0, 0.05) is 12.4 Å². The molecule has 1 aromatic rings. The van der Waals surface area contributed by atoms with Crippen molar-refractivity contribution in [1.29, 1.82) is 0 Å². The molecule has 0 atom stereocenters. The van der Waals surface area contributed by atoms with Crippen molar-refractivity contribution >= 4 is 18.2 Å². The van der Waals surface area contributed by atoms with E-state index in [9.17, 15) is 9.90 Å². The lowest BCUT2D eigenvalue weighted by Crippen LogP contribution is -2.31. The van der Waals surface area contributed by atoms with Crippen molar-refractivity contribution in [2.75, 3.05) is 0 Å². The normalized spacial score (nSPS) is 10.6. The maximum atomic E-state index is 11.2. The van der Waals surface area contributed by atoms with Gasteiger partial charge in [-0.05, 0) is 13.8 Å². The Labute approximate surface area is 76.4 Å². The Morgan fingerprint density at radius 1 is 1.67 bits per heavy atom. The maximum absolute atomic E-state index is 11.2. The Kier molecular flexibility index (Phi) is 3.42. The van der Waals surface area contributed by atoms with Crippen LogP contribution in [0.25, 0.3) is 0 Å². The minimum Gasteiger partial charge on any atom is -0.382 e. The zero-order valence-corrected chi connectivity index (χ0v) is 7.68. The van der Waals surface area contributed by atoms with E-state index in [0.717, 1.165) is 0 Å². The van der Waals surface area contributed by atoms with Crippen LogP contribution >= 0.6 is 12.4 Å². The lowest BCUT2D eigenvalue weighted by molar-refractivity contribution is 0.0477. The van der Waals surface area contributed by atoms with Gasteiger partial charge in [-0.25, -0.2) is 4.98 Å². The molecule has 2 N–H and O–H groups in total. The molecule has 0 amide bonds. The van der Waals surface area contributed by atoms with Crippen molar-refractivity contribution in [3.63, 3.8) is 0 Å². The Morgan fingerprint density at radius 3 is 2.58 bits per heavy atom. The highest BCUT2D eigenvalue weighted by Gasteiger charge is 2.26. The molecular formula is C7H11ClN2O2. The second kappa shape index (κ2) is 3.69. The zero-order valence-electron chi connectivity index (χ0n) is 6.87. The van der Waals surface area contributed by atoms with Gasteiger partial charge in [0.05, 0.1) is 0 Å². The van der Waals surface area contributed by atoms with Crippen LogP contribution in [0.2, 0.25) is 0 Å². The molecule has 1 rings (SSSR count). The first-order chi connectivity index (χ1) is 5.02. The quantitative estimate of drug-likeness (QED) is 0.678. The summed E-state index contributed by atoms with van der Waals surface area (Å²) in [5.74, 6) is -0.208. The molecule has 1 aromatic heterocycles.